The summed E-state index contributed by atoms with van der Waals surface area (Å²) in [6.45, 7) is 5.11. The van der Waals surface area contributed by atoms with Crippen LogP contribution in [0.25, 0.3) is 0 Å². The fourth-order valence-corrected chi connectivity index (χ4v) is 3.30. The second kappa shape index (κ2) is 5.89. The third kappa shape index (κ3) is 3.73. The lowest BCUT2D eigenvalue weighted by molar-refractivity contribution is 0.0572. The van der Waals surface area contributed by atoms with Crippen molar-refractivity contribution in [1.82, 2.24) is 0 Å². The Morgan fingerprint density at radius 1 is 1.35 bits per heavy atom. The van der Waals surface area contributed by atoms with E-state index in [2.05, 4.69) is 32.0 Å². The lowest BCUT2D eigenvalue weighted by Crippen LogP contribution is -2.42. The molecule has 0 aromatic heterocycles. The van der Waals surface area contributed by atoms with Crippen molar-refractivity contribution < 1.29 is 4.74 Å². The van der Waals surface area contributed by atoms with Crippen molar-refractivity contribution in [3.05, 3.63) is 34.9 Å². The highest BCUT2D eigenvalue weighted by atomic mass is 32.2. The molecule has 2 nitrogen and oxygen atoms in total. The van der Waals surface area contributed by atoms with E-state index in [1.165, 1.54) is 16.7 Å². The summed E-state index contributed by atoms with van der Waals surface area (Å²) in [5.41, 5.74) is 10.2. The molecule has 1 aliphatic rings. The smallest absolute Gasteiger partial charge is 0.0819 e. The van der Waals surface area contributed by atoms with Gasteiger partial charge in [-0.2, -0.15) is 11.8 Å². The molecule has 2 rings (SSSR count). The second-order valence-corrected chi connectivity index (χ2v) is 6.00. The van der Waals surface area contributed by atoms with E-state index in [1.54, 1.807) is 0 Å². The fourth-order valence-electron chi connectivity index (χ4n) is 2.34. The first-order valence-corrected chi connectivity index (χ1v) is 7.33. The van der Waals surface area contributed by atoms with Crippen LogP contribution in [0, 0.1) is 13.8 Å². The molecule has 1 heterocycles. The van der Waals surface area contributed by atoms with Gasteiger partial charge in [0.2, 0.25) is 0 Å². The monoisotopic (exact) mass is 251 g/mol. The van der Waals surface area contributed by atoms with E-state index >= 15 is 0 Å². The van der Waals surface area contributed by atoms with Gasteiger partial charge in [0, 0.05) is 17.5 Å². The molecule has 1 aliphatic heterocycles. The van der Waals surface area contributed by atoms with Gasteiger partial charge in [0.05, 0.1) is 12.7 Å². The van der Waals surface area contributed by atoms with E-state index in [4.69, 9.17) is 10.5 Å². The molecule has 0 saturated carbocycles. The third-order valence-electron chi connectivity index (χ3n) is 3.07. The normalized spacial score (nSPS) is 22.4. The van der Waals surface area contributed by atoms with E-state index in [0.29, 0.717) is 0 Å². The highest BCUT2D eigenvalue weighted by Crippen LogP contribution is 2.18. The largest absolute Gasteiger partial charge is 0.375 e. The minimum absolute atomic E-state index is 0.115. The number of hydrogen-bond donors (Lipinski definition) is 1. The van der Waals surface area contributed by atoms with Crippen LogP contribution >= 0.6 is 11.8 Å². The van der Waals surface area contributed by atoms with Crippen molar-refractivity contribution in [3.8, 4) is 0 Å². The molecule has 17 heavy (non-hydrogen) atoms. The molecule has 94 valence electrons. The van der Waals surface area contributed by atoms with Crippen LogP contribution < -0.4 is 5.73 Å². The molecule has 1 fully saturated rings. The summed E-state index contributed by atoms with van der Waals surface area (Å²) in [5.74, 6) is 2.14. The maximum absolute atomic E-state index is 6.24. The van der Waals surface area contributed by atoms with Crippen LogP contribution in [0.1, 0.15) is 16.7 Å². The van der Waals surface area contributed by atoms with Crippen LogP contribution in [-0.4, -0.2) is 30.3 Å². The molecule has 1 saturated heterocycles. The Kier molecular flexibility index (Phi) is 4.48. The number of benzene rings is 1. The van der Waals surface area contributed by atoms with Crippen LogP contribution in [0.15, 0.2) is 18.2 Å². The fraction of sp³-hybridized carbons (Fsp3) is 0.571. The van der Waals surface area contributed by atoms with Gasteiger partial charge in [-0.3, -0.25) is 0 Å². The lowest BCUT2D eigenvalue weighted by Gasteiger charge is -2.27. The summed E-state index contributed by atoms with van der Waals surface area (Å²) in [6.07, 6.45) is 1.13. The van der Waals surface area contributed by atoms with E-state index in [1.807, 2.05) is 11.8 Å². The van der Waals surface area contributed by atoms with E-state index < -0.39 is 0 Å². The number of aryl methyl sites for hydroxylation is 2. The number of nitrogens with two attached hydrogens (primary N) is 1. The molecule has 1 aromatic carbocycles. The van der Waals surface area contributed by atoms with Gasteiger partial charge in [0.15, 0.2) is 0 Å². The molecule has 2 N–H and O–H groups in total. The number of thioether (sulfide) groups is 1. The first-order valence-electron chi connectivity index (χ1n) is 6.17. The summed E-state index contributed by atoms with van der Waals surface area (Å²) in [5, 5.41) is 0. The van der Waals surface area contributed by atoms with Crippen LogP contribution in [0.5, 0.6) is 0 Å². The zero-order valence-corrected chi connectivity index (χ0v) is 11.4. The molecule has 2 atom stereocenters. The van der Waals surface area contributed by atoms with Crippen molar-refractivity contribution in [1.29, 1.82) is 0 Å². The molecule has 0 radical (unpaired) electrons. The van der Waals surface area contributed by atoms with Gasteiger partial charge < -0.3 is 10.5 Å². The van der Waals surface area contributed by atoms with Gasteiger partial charge >= 0.3 is 0 Å². The number of rotatable bonds is 3. The molecular weight excluding hydrogens is 230 g/mol. The summed E-state index contributed by atoms with van der Waals surface area (Å²) in [4.78, 5) is 0. The SMILES string of the molecule is Cc1cc(C)cc(CC(N)C2CSCCO2)c1. The Balaban J connectivity index is 1.99. The Labute approximate surface area is 108 Å². The molecule has 3 heteroatoms. The molecule has 0 bridgehead atoms. The van der Waals surface area contributed by atoms with Crippen LogP contribution in [-0.2, 0) is 11.2 Å². The second-order valence-electron chi connectivity index (χ2n) is 4.85. The molecule has 2 unspecified atom stereocenters. The van der Waals surface area contributed by atoms with E-state index in [9.17, 15) is 0 Å². The average molecular weight is 251 g/mol. The van der Waals surface area contributed by atoms with Gasteiger partial charge in [-0.1, -0.05) is 29.3 Å². The van der Waals surface area contributed by atoms with Gasteiger partial charge in [-0.15, -0.1) is 0 Å². The summed E-state index contributed by atoms with van der Waals surface area (Å²) in [7, 11) is 0. The predicted octanol–water partition coefficient (Wildman–Crippen LogP) is 2.31. The van der Waals surface area contributed by atoms with Crippen LogP contribution in [0.4, 0.5) is 0 Å². The highest BCUT2D eigenvalue weighted by molar-refractivity contribution is 7.99. The van der Waals surface area contributed by atoms with Gasteiger partial charge in [0.1, 0.15) is 0 Å². The highest BCUT2D eigenvalue weighted by Gasteiger charge is 2.21. The zero-order valence-electron chi connectivity index (χ0n) is 10.6. The van der Waals surface area contributed by atoms with Crippen molar-refractivity contribution in [2.75, 3.05) is 18.1 Å². The van der Waals surface area contributed by atoms with E-state index in [0.717, 1.165) is 24.5 Å². The molecular formula is C14H21NOS. The van der Waals surface area contributed by atoms with E-state index in [-0.39, 0.29) is 12.1 Å². The minimum Gasteiger partial charge on any atom is -0.375 e. The van der Waals surface area contributed by atoms with Gasteiger partial charge in [-0.05, 0) is 25.8 Å². The summed E-state index contributed by atoms with van der Waals surface area (Å²) in [6, 6.07) is 6.76. The lowest BCUT2D eigenvalue weighted by atomic mass is 9.99. The standard InChI is InChI=1S/C14H21NOS/c1-10-5-11(2)7-12(6-10)8-13(15)14-9-17-4-3-16-14/h5-7,13-14H,3-4,8-9,15H2,1-2H3. The molecule has 0 aliphatic carbocycles. The van der Waals surface area contributed by atoms with Gasteiger partial charge in [0.25, 0.3) is 0 Å². The van der Waals surface area contributed by atoms with Crippen molar-refractivity contribution >= 4 is 11.8 Å². The Morgan fingerprint density at radius 3 is 2.65 bits per heavy atom. The molecule has 0 spiro atoms. The molecule has 0 amide bonds. The van der Waals surface area contributed by atoms with Crippen LogP contribution in [0.3, 0.4) is 0 Å². The summed E-state index contributed by atoms with van der Waals surface area (Å²) >= 11 is 1.94. The quantitative estimate of drug-likeness (QED) is 0.895. The Morgan fingerprint density at radius 2 is 2.06 bits per heavy atom. The average Bonchev–Trinajstić information content (AvgIpc) is 2.28. The van der Waals surface area contributed by atoms with Crippen molar-refractivity contribution in [2.24, 2.45) is 5.73 Å². The zero-order chi connectivity index (χ0) is 12.3. The first kappa shape index (κ1) is 12.9. The maximum Gasteiger partial charge on any atom is 0.0819 e. The summed E-state index contributed by atoms with van der Waals surface area (Å²) < 4.78 is 5.73. The minimum atomic E-state index is 0.115. The van der Waals surface area contributed by atoms with Crippen LogP contribution in [0.2, 0.25) is 0 Å². The number of hydrogen-bond acceptors (Lipinski definition) is 3. The van der Waals surface area contributed by atoms with Crippen molar-refractivity contribution in [3.63, 3.8) is 0 Å². The topological polar surface area (TPSA) is 35.2 Å². The Hall–Kier alpha value is -0.510. The van der Waals surface area contributed by atoms with Crippen molar-refractivity contribution in [2.45, 2.75) is 32.4 Å². The first-order chi connectivity index (χ1) is 8.15. The van der Waals surface area contributed by atoms with Gasteiger partial charge in [-0.25, -0.2) is 0 Å². The maximum atomic E-state index is 6.24. The number of ether oxygens (including phenoxy) is 1. The molecule has 1 aromatic rings. The predicted molar refractivity (Wildman–Crippen MR) is 74.7 cm³/mol. The third-order valence-corrected chi connectivity index (χ3v) is 4.09. The Bertz CT molecular complexity index is 354.